The van der Waals surface area contributed by atoms with Crippen molar-refractivity contribution in [1.29, 1.82) is 0 Å². The van der Waals surface area contributed by atoms with Gasteiger partial charge in [0.25, 0.3) is 0 Å². The molecule has 1 aromatic rings. The monoisotopic (exact) mass is 671 g/mol. The molecule has 1 heterocycles. The van der Waals surface area contributed by atoms with Gasteiger partial charge in [-0.2, -0.15) is 0 Å². The van der Waals surface area contributed by atoms with Crippen molar-refractivity contribution < 1.29 is 33.1 Å². The highest BCUT2D eigenvalue weighted by Crippen LogP contribution is 2.58. The van der Waals surface area contributed by atoms with Gasteiger partial charge in [0.1, 0.15) is 6.61 Å². The molecule has 4 saturated carbocycles. The average Bonchev–Trinajstić information content (AvgIpc) is 3.79. The van der Waals surface area contributed by atoms with E-state index < -0.39 is 28.7 Å². The number of amides is 2. The van der Waals surface area contributed by atoms with Crippen molar-refractivity contribution >= 4 is 34.6 Å². The topological polar surface area (TPSA) is 102 Å². The quantitative estimate of drug-likeness (QED) is 0.282. The Kier molecular flexibility index (Phi) is 9.56. The maximum atomic E-state index is 13.5. The average molecular weight is 672 g/mol. The summed E-state index contributed by atoms with van der Waals surface area (Å²) in [5, 5.41) is 9.51. The molecule has 0 bridgehead atoms. The maximum Gasteiger partial charge on any atom is 0.416 e. The Labute approximate surface area is 278 Å². The lowest BCUT2D eigenvalue weighted by atomic mass is 9.97. The lowest BCUT2D eigenvalue weighted by molar-refractivity contribution is -0.145. The fourth-order valence-electron chi connectivity index (χ4n) is 7.21. The number of carbonyl (C=O) groups excluding carboxylic acids is 2. The van der Waals surface area contributed by atoms with E-state index in [4.69, 9.17) is 13.6 Å². The summed E-state index contributed by atoms with van der Waals surface area (Å²) in [4.78, 5) is 38.6. The molecule has 5 fully saturated rings. The number of aliphatic carboxylic acids is 1. The molecular weight excluding hydrogens is 615 g/mol. The number of imide groups is 1. The van der Waals surface area contributed by atoms with Gasteiger partial charge in [-0.05, 0) is 97.6 Å². The normalized spacial score (nSPS) is 33.5. The van der Waals surface area contributed by atoms with Crippen molar-refractivity contribution in [2.75, 3.05) is 6.61 Å². The number of carboxylic acid groups (broad SMARTS) is 1. The summed E-state index contributed by atoms with van der Waals surface area (Å²) in [7, 11) is -3.83. The van der Waals surface area contributed by atoms with E-state index in [9.17, 15) is 19.5 Å². The lowest BCUT2D eigenvalue weighted by Gasteiger charge is -2.40. The number of carbonyl (C=O) groups is 3. The number of cyclic esters (lactones) is 1. The van der Waals surface area contributed by atoms with Gasteiger partial charge in [-0.15, -0.1) is 0 Å². The highest BCUT2D eigenvalue weighted by Gasteiger charge is 2.60. The van der Waals surface area contributed by atoms with Gasteiger partial charge in [-0.1, -0.05) is 71.9 Å². The summed E-state index contributed by atoms with van der Waals surface area (Å²) in [6, 6.07) is 9.75. The van der Waals surface area contributed by atoms with Crippen LogP contribution in [0.3, 0.4) is 0 Å². The molecule has 256 valence electrons. The van der Waals surface area contributed by atoms with Crippen molar-refractivity contribution in [3.05, 3.63) is 35.9 Å². The largest absolute Gasteiger partial charge is 0.481 e. The molecule has 1 aliphatic heterocycles. The minimum atomic E-state index is -1.99. The third kappa shape index (κ3) is 7.20. The molecule has 1 N–H and O–H groups in total. The number of carboxylic acids is 1. The zero-order valence-corrected chi connectivity index (χ0v) is 31.7. The third-order valence-corrected chi connectivity index (χ3v) is 21.3. The van der Waals surface area contributed by atoms with Crippen LogP contribution in [-0.2, 0) is 29.6 Å². The molecule has 1 aromatic carbocycles. The van der Waals surface area contributed by atoms with Gasteiger partial charge in [0.15, 0.2) is 16.6 Å². The number of hydrogen-bond donors (Lipinski definition) is 1. The molecule has 0 unspecified atom stereocenters. The van der Waals surface area contributed by atoms with E-state index in [0.29, 0.717) is 30.1 Å². The SMILES string of the molecule is CC(C)(C)[Si](C)(C)O[C@H]1[C@H]2C[C@H]2C[C@@H]1C(=O)N1C(=O)OC[C@H]1Cc1ccccc1.CC(C)(C)[Si](C)(C)O[C@H]1[C@H]2C[C@H]2C[C@@H]1C(=O)O. The number of fused-ring (bicyclic) bond motifs is 2. The van der Waals surface area contributed by atoms with E-state index in [1.165, 1.54) is 11.3 Å². The fraction of sp³-hybridized carbons (Fsp3) is 0.750. The second-order valence-corrected chi connectivity index (χ2v) is 27.2. The summed E-state index contributed by atoms with van der Waals surface area (Å²) in [6.45, 7) is 22.5. The summed E-state index contributed by atoms with van der Waals surface area (Å²) in [6.07, 6.45) is 4.07. The predicted octanol–water partition coefficient (Wildman–Crippen LogP) is 7.74. The smallest absolute Gasteiger partial charge is 0.416 e. The minimum absolute atomic E-state index is 0.0154. The van der Waals surface area contributed by atoms with Crippen LogP contribution in [0, 0.1) is 35.5 Å². The zero-order chi connectivity index (χ0) is 34.0. The number of rotatable bonds is 8. The highest BCUT2D eigenvalue weighted by atomic mass is 28.4. The Morgan fingerprint density at radius 2 is 1.30 bits per heavy atom. The summed E-state index contributed by atoms with van der Waals surface area (Å²) >= 11 is 0. The van der Waals surface area contributed by atoms with Crippen LogP contribution in [0.2, 0.25) is 36.3 Å². The van der Waals surface area contributed by atoms with E-state index in [-0.39, 0.29) is 52.7 Å². The van der Waals surface area contributed by atoms with Gasteiger partial charge >= 0.3 is 12.1 Å². The van der Waals surface area contributed by atoms with Crippen LogP contribution >= 0.6 is 0 Å². The molecule has 4 aliphatic carbocycles. The molecule has 1 saturated heterocycles. The van der Waals surface area contributed by atoms with Crippen molar-refractivity contribution in [3.8, 4) is 0 Å². The van der Waals surface area contributed by atoms with Crippen LogP contribution in [0.1, 0.15) is 72.8 Å². The number of ether oxygens (including phenoxy) is 1. The van der Waals surface area contributed by atoms with Crippen molar-refractivity contribution in [2.45, 2.75) is 128 Å². The molecule has 2 amide bonds. The highest BCUT2D eigenvalue weighted by molar-refractivity contribution is 6.74. The molecule has 10 heteroatoms. The van der Waals surface area contributed by atoms with Crippen LogP contribution in [0.5, 0.6) is 0 Å². The molecular formula is C36H57NO7Si2. The number of nitrogens with zero attached hydrogens (tertiary/aromatic N) is 1. The lowest BCUT2D eigenvalue weighted by Crippen LogP contribution is -2.50. The Morgan fingerprint density at radius 1 is 0.826 bits per heavy atom. The third-order valence-electron chi connectivity index (χ3n) is 12.3. The standard InChI is InChI=1S/C23H33NO4Si.C13H24O3Si/c1-23(2,3)29(4,5)28-20-18-12-16(18)13-19(20)21(25)24-17(14-27-22(24)26)11-15-9-7-6-8-10-15;1-13(2,3)17(4,5)16-11-9-6-8(9)7-10(11)12(14)15/h6-10,16-20H,11-14H2,1-5H3;8-11H,6-7H2,1-5H3,(H,14,15)/t16-,17+,18-,19-,20-;8-,9-,10-,11-/m00/s1. The Bertz CT molecular complexity index is 1300. The molecule has 46 heavy (non-hydrogen) atoms. The Morgan fingerprint density at radius 3 is 1.78 bits per heavy atom. The molecule has 0 radical (unpaired) electrons. The van der Waals surface area contributed by atoms with Crippen molar-refractivity contribution in [1.82, 2.24) is 4.90 Å². The molecule has 5 aliphatic rings. The first-order valence-corrected chi connectivity index (χ1v) is 23.2. The number of hydrogen-bond acceptors (Lipinski definition) is 6. The summed E-state index contributed by atoms with van der Waals surface area (Å²) in [5.41, 5.74) is 1.11. The van der Waals surface area contributed by atoms with Crippen molar-refractivity contribution in [2.24, 2.45) is 35.5 Å². The second kappa shape index (κ2) is 12.5. The van der Waals surface area contributed by atoms with Gasteiger partial charge < -0.3 is 18.7 Å². The number of benzene rings is 1. The van der Waals surface area contributed by atoms with E-state index >= 15 is 0 Å². The zero-order valence-electron chi connectivity index (χ0n) is 29.7. The Hall–Kier alpha value is -2.02. The Balaban J connectivity index is 0.000000209. The van der Waals surface area contributed by atoms with Crippen LogP contribution in [0.15, 0.2) is 30.3 Å². The second-order valence-electron chi connectivity index (χ2n) is 17.7. The molecule has 9 atom stereocenters. The van der Waals surface area contributed by atoms with Crippen LogP contribution in [0.4, 0.5) is 4.79 Å². The predicted molar refractivity (Wildman–Crippen MR) is 183 cm³/mol. The first kappa shape index (κ1) is 35.3. The molecule has 0 spiro atoms. The van der Waals surface area contributed by atoms with Gasteiger partial charge in [0.2, 0.25) is 5.91 Å². The van der Waals surface area contributed by atoms with Gasteiger partial charge in [0, 0.05) is 0 Å². The first-order chi connectivity index (χ1) is 21.2. The van der Waals surface area contributed by atoms with Crippen molar-refractivity contribution in [3.63, 3.8) is 0 Å². The molecule has 0 aromatic heterocycles. The molecule has 8 nitrogen and oxygen atoms in total. The summed E-state index contributed by atoms with van der Waals surface area (Å²) < 4.78 is 18.4. The van der Waals surface area contributed by atoms with E-state index in [1.54, 1.807) is 0 Å². The van der Waals surface area contributed by atoms with Crippen LogP contribution < -0.4 is 0 Å². The van der Waals surface area contributed by atoms with E-state index in [0.717, 1.165) is 24.8 Å². The van der Waals surface area contributed by atoms with E-state index in [2.05, 4.69) is 67.7 Å². The van der Waals surface area contributed by atoms with E-state index in [1.807, 2.05) is 30.3 Å². The fourth-order valence-corrected chi connectivity index (χ4v) is 9.95. The van der Waals surface area contributed by atoms with Gasteiger partial charge in [-0.3, -0.25) is 9.59 Å². The first-order valence-electron chi connectivity index (χ1n) is 17.3. The maximum absolute atomic E-state index is 13.5. The summed E-state index contributed by atoms with van der Waals surface area (Å²) in [5.74, 6) is 0.972. The van der Waals surface area contributed by atoms with Crippen LogP contribution in [0.25, 0.3) is 0 Å². The molecule has 6 rings (SSSR count). The van der Waals surface area contributed by atoms with Crippen LogP contribution in [-0.4, -0.2) is 69.5 Å². The van der Waals surface area contributed by atoms with Gasteiger partial charge in [-0.25, -0.2) is 9.69 Å². The minimum Gasteiger partial charge on any atom is -0.481 e. The van der Waals surface area contributed by atoms with Gasteiger partial charge in [0.05, 0.1) is 30.1 Å².